The van der Waals surface area contributed by atoms with Crippen molar-refractivity contribution in [3.63, 3.8) is 0 Å². The number of β-lactam (4-membered cyclic amide) rings is 1. The monoisotopic (exact) mass is 283 g/mol. The van der Waals surface area contributed by atoms with Crippen molar-refractivity contribution in [2.75, 3.05) is 0 Å². The number of hydrogen-bond acceptors (Lipinski definition) is 3. The van der Waals surface area contributed by atoms with Crippen LogP contribution >= 0.6 is 15.9 Å². The molecule has 0 aliphatic carbocycles. The van der Waals surface area contributed by atoms with E-state index in [0.29, 0.717) is 0 Å². The van der Waals surface area contributed by atoms with E-state index in [9.17, 15) is 9.59 Å². The molecule has 2 atom stereocenters. The van der Waals surface area contributed by atoms with Crippen molar-refractivity contribution in [3.8, 4) is 0 Å². The Bertz CT molecular complexity index is 447. The van der Waals surface area contributed by atoms with E-state index in [1.165, 1.54) is 6.92 Å². The second-order valence-corrected chi connectivity index (χ2v) is 4.39. The molecule has 1 heterocycles. The van der Waals surface area contributed by atoms with Crippen LogP contribution in [-0.2, 0) is 14.3 Å². The molecule has 84 valence electrons. The van der Waals surface area contributed by atoms with Gasteiger partial charge < -0.3 is 10.1 Å². The summed E-state index contributed by atoms with van der Waals surface area (Å²) < 4.78 is 5.83. The van der Waals surface area contributed by atoms with Crippen molar-refractivity contribution in [2.24, 2.45) is 0 Å². The van der Waals surface area contributed by atoms with E-state index in [-0.39, 0.29) is 11.9 Å². The van der Waals surface area contributed by atoms with Gasteiger partial charge in [0, 0.05) is 11.4 Å². The number of esters is 1. The third-order valence-electron chi connectivity index (χ3n) is 2.39. The summed E-state index contributed by atoms with van der Waals surface area (Å²) in [6.45, 7) is 1.29. The summed E-state index contributed by atoms with van der Waals surface area (Å²) in [6.07, 6.45) is -0.712. The Balaban J connectivity index is 2.20. The average Bonchev–Trinajstić information content (AvgIpc) is 2.24. The molecule has 0 aromatic heterocycles. The number of carbonyl (C=O) groups excluding carboxylic acids is 2. The lowest BCUT2D eigenvalue weighted by Gasteiger charge is -2.36. The zero-order valence-electron chi connectivity index (χ0n) is 8.57. The summed E-state index contributed by atoms with van der Waals surface area (Å²) in [7, 11) is 0. The molecular weight excluding hydrogens is 274 g/mol. The van der Waals surface area contributed by atoms with Gasteiger partial charge in [0.25, 0.3) is 5.91 Å². The molecule has 1 aromatic rings. The number of amides is 1. The quantitative estimate of drug-likeness (QED) is 0.662. The third-order valence-corrected chi connectivity index (χ3v) is 3.11. The minimum atomic E-state index is -0.712. The molecule has 1 fully saturated rings. The molecule has 0 radical (unpaired) electrons. The van der Waals surface area contributed by atoms with Crippen molar-refractivity contribution in [2.45, 2.75) is 19.1 Å². The van der Waals surface area contributed by atoms with Crippen LogP contribution in [0.4, 0.5) is 0 Å². The maximum absolute atomic E-state index is 11.3. The third kappa shape index (κ3) is 1.95. The Hall–Kier alpha value is -1.36. The predicted octanol–water partition coefficient (Wildman–Crippen LogP) is 1.55. The van der Waals surface area contributed by atoms with Crippen LogP contribution < -0.4 is 5.32 Å². The van der Waals surface area contributed by atoms with Crippen LogP contribution in [0.3, 0.4) is 0 Å². The minimum Gasteiger partial charge on any atom is -0.450 e. The van der Waals surface area contributed by atoms with Crippen LogP contribution in [0.25, 0.3) is 0 Å². The van der Waals surface area contributed by atoms with Gasteiger partial charge in [-0.2, -0.15) is 0 Å². The first kappa shape index (κ1) is 11.1. The average molecular weight is 284 g/mol. The smallest absolute Gasteiger partial charge is 0.303 e. The Morgan fingerprint density at radius 1 is 1.44 bits per heavy atom. The highest BCUT2D eigenvalue weighted by Gasteiger charge is 2.43. The molecule has 1 aliphatic heterocycles. The molecule has 4 nitrogen and oxygen atoms in total. The SMILES string of the molecule is CC(=O)OC1C(=O)NC1c1ccccc1Br. The number of benzene rings is 1. The Morgan fingerprint density at radius 2 is 2.12 bits per heavy atom. The Kier molecular flexibility index (Phi) is 2.96. The summed E-state index contributed by atoms with van der Waals surface area (Å²) in [5.74, 6) is -0.701. The Morgan fingerprint density at radius 3 is 2.69 bits per heavy atom. The van der Waals surface area contributed by atoms with Crippen LogP contribution in [-0.4, -0.2) is 18.0 Å². The summed E-state index contributed by atoms with van der Waals surface area (Å²) in [4.78, 5) is 22.1. The van der Waals surface area contributed by atoms with Crippen molar-refractivity contribution in [1.29, 1.82) is 0 Å². The summed E-state index contributed by atoms with van der Waals surface area (Å²) in [5.41, 5.74) is 0.911. The highest BCUT2D eigenvalue weighted by Crippen LogP contribution is 2.32. The molecular formula is C11H10BrNO3. The zero-order chi connectivity index (χ0) is 11.7. The lowest BCUT2D eigenvalue weighted by atomic mass is 9.94. The van der Waals surface area contributed by atoms with Gasteiger partial charge >= 0.3 is 5.97 Å². The largest absolute Gasteiger partial charge is 0.450 e. The van der Waals surface area contributed by atoms with Crippen molar-refractivity contribution in [3.05, 3.63) is 34.3 Å². The molecule has 5 heteroatoms. The molecule has 1 aliphatic rings. The Labute approximate surface area is 101 Å². The maximum Gasteiger partial charge on any atom is 0.303 e. The summed E-state index contributed by atoms with van der Waals surface area (Å²) >= 11 is 3.39. The fourth-order valence-electron chi connectivity index (χ4n) is 1.63. The van der Waals surface area contributed by atoms with Crippen molar-refractivity contribution in [1.82, 2.24) is 5.32 Å². The van der Waals surface area contributed by atoms with Crippen LogP contribution in [0.15, 0.2) is 28.7 Å². The zero-order valence-corrected chi connectivity index (χ0v) is 10.2. The second kappa shape index (κ2) is 4.25. The van der Waals surface area contributed by atoms with Gasteiger partial charge in [0.05, 0.1) is 0 Å². The number of carbonyl (C=O) groups is 2. The van der Waals surface area contributed by atoms with Crippen LogP contribution in [0.5, 0.6) is 0 Å². The first-order valence-corrected chi connectivity index (χ1v) is 5.61. The van der Waals surface area contributed by atoms with Gasteiger partial charge in [-0.15, -0.1) is 0 Å². The molecule has 1 aromatic carbocycles. The highest BCUT2D eigenvalue weighted by molar-refractivity contribution is 9.10. The summed E-state index contributed by atoms with van der Waals surface area (Å²) in [6, 6.07) is 7.26. The van der Waals surface area contributed by atoms with Gasteiger partial charge in [0.15, 0.2) is 0 Å². The van der Waals surface area contributed by atoms with Gasteiger partial charge in [-0.05, 0) is 11.6 Å². The molecule has 2 rings (SSSR count). The first-order valence-electron chi connectivity index (χ1n) is 4.81. The molecule has 2 unspecified atom stereocenters. The molecule has 0 saturated carbocycles. The van der Waals surface area contributed by atoms with E-state index in [2.05, 4.69) is 21.2 Å². The highest BCUT2D eigenvalue weighted by atomic mass is 79.9. The lowest BCUT2D eigenvalue weighted by Crippen LogP contribution is -2.57. The fraction of sp³-hybridized carbons (Fsp3) is 0.273. The standard InChI is InChI=1S/C11H10BrNO3/c1-6(14)16-10-9(13-11(10)15)7-4-2-3-5-8(7)12/h2-5,9-10H,1H3,(H,13,15). The molecule has 0 bridgehead atoms. The van der Waals surface area contributed by atoms with E-state index in [0.717, 1.165) is 10.0 Å². The topological polar surface area (TPSA) is 55.4 Å². The van der Waals surface area contributed by atoms with E-state index >= 15 is 0 Å². The van der Waals surface area contributed by atoms with Crippen LogP contribution in [0.2, 0.25) is 0 Å². The van der Waals surface area contributed by atoms with E-state index in [1.807, 2.05) is 24.3 Å². The van der Waals surface area contributed by atoms with Crippen LogP contribution in [0, 0.1) is 0 Å². The molecule has 1 N–H and O–H groups in total. The minimum absolute atomic E-state index is 0.254. The van der Waals surface area contributed by atoms with Gasteiger partial charge in [-0.1, -0.05) is 34.1 Å². The maximum atomic E-state index is 11.3. The van der Waals surface area contributed by atoms with E-state index in [1.54, 1.807) is 0 Å². The predicted molar refractivity (Wildman–Crippen MR) is 60.6 cm³/mol. The number of ether oxygens (including phenoxy) is 1. The molecule has 16 heavy (non-hydrogen) atoms. The van der Waals surface area contributed by atoms with E-state index in [4.69, 9.17) is 4.74 Å². The molecule has 1 amide bonds. The molecule has 1 saturated heterocycles. The fourth-order valence-corrected chi connectivity index (χ4v) is 2.17. The number of hydrogen-bond donors (Lipinski definition) is 1. The van der Waals surface area contributed by atoms with Crippen LogP contribution in [0.1, 0.15) is 18.5 Å². The first-order chi connectivity index (χ1) is 7.59. The summed E-state index contributed by atoms with van der Waals surface area (Å²) in [5, 5.41) is 2.71. The van der Waals surface area contributed by atoms with E-state index < -0.39 is 12.1 Å². The molecule has 0 spiro atoms. The number of rotatable bonds is 2. The van der Waals surface area contributed by atoms with Crippen molar-refractivity contribution >= 4 is 27.8 Å². The van der Waals surface area contributed by atoms with Gasteiger partial charge in [-0.25, -0.2) is 0 Å². The van der Waals surface area contributed by atoms with Gasteiger partial charge in [0.2, 0.25) is 6.10 Å². The van der Waals surface area contributed by atoms with Gasteiger partial charge in [0.1, 0.15) is 6.04 Å². The number of halogens is 1. The van der Waals surface area contributed by atoms with Crippen molar-refractivity contribution < 1.29 is 14.3 Å². The normalized spacial score (nSPS) is 23.2. The van der Waals surface area contributed by atoms with Gasteiger partial charge in [-0.3, -0.25) is 9.59 Å². The number of nitrogens with one attached hydrogen (secondary N) is 1. The lowest BCUT2D eigenvalue weighted by molar-refractivity contribution is -0.164. The second-order valence-electron chi connectivity index (χ2n) is 3.54.